The van der Waals surface area contributed by atoms with E-state index in [1.807, 2.05) is 4.90 Å². The molecule has 0 spiro atoms. The summed E-state index contributed by atoms with van der Waals surface area (Å²) in [5.41, 5.74) is 0. The van der Waals surface area contributed by atoms with Crippen molar-refractivity contribution in [3.63, 3.8) is 0 Å². The number of hydrogen-bond donors (Lipinski definition) is 2. The molecule has 1 saturated heterocycles. The molecule has 0 aromatic carbocycles. The second-order valence-electron chi connectivity index (χ2n) is 5.06. The molecule has 2 atom stereocenters. The fourth-order valence-electron chi connectivity index (χ4n) is 2.31. The van der Waals surface area contributed by atoms with Gasteiger partial charge in [-0.3, -0.25) is 14.5 Å². The molecule has 2 N–H and O–H groups in total. The summed E-state index contributed by atoms with van der Waals surface area (Å²) in [6.07, 6.45) is 1.15. The van der Waals surface area contributed by atoms with E-state index in [1.165, 1.54) is 0 Å². The lowest BCUT2D eigenvalue weighted by Gasteiger charge is -2.35. The number of nitrogens with one attached hydrogen (secondary N) is 1. The summed E-state index contributed by atoms with van der Waals surface area (Å²) in [5, 5.41) is 11.6. The van der Waals surface area contributed by atoms with Gasteiger partial charge in [0.05, 0.1) is 38.0 Å². The fourth-order valence-corrected chi connectivity index (χ4v) is 2.31. The zero-order chi connectivity index (χ0) is 15.2. The maximum absolute atomic E-state index is 12.1. The van der Waals surface area contributed by atoms with Crippen molar-refractivity contribution < 1.29 is 23.8 Å². The second-order valence-corrected chi connectivity index (χ2v) is 5.06. The van der Waals surface area contributed by atoms with Crippen LogP contribution in [0.25, 0.3) is 0 Å². The third kappa shape index (κ3) is 4.57. The molecule has 116 valence electrons. The highest BCUT2D eigenvalue weighted by Gasteiger charge is 2.28. The number of rotatable bonds is 6. The molecule has 2 unspecified atom stereocenters. The highest BCUT2D eigenvalue weighted by molar-refractivity contribution is 5.81. The van der Waals surface area contributed by atoms with E-state index >= 15 is 0 Å². The summed E-state index contributed by atoms with van der Waals surface area (Å²) in [7, 11) is 0. The molecule has 2 heterocycles. The highest BCUT2D eigenvalue weighted by atomic mass is 16.5. The Morgan fingerprint density at radius 2 is 2.38 bits per heavy atom. The van der Waals surface area contributed by atoms with Crippen LogP contribution < -0.4 is 5.32 Å². The molecule has 1 aromatic heterocycles. The SMILES string of the molecule is CC(C(=O)NCc1ccco1)N1CCOC(CC(=O)O)C1. The first-order valence-corrected chi connectivity index (χ1v) is 6.94. The average Bonchev–Trinajstić information content (AvgIpc) is 2.97. The molecule has 7 nitrogen and oxygen atoms in total. The van der Waals surface area contributed by atoms with E-state index in [-0.39, 0.29) is 24.5 Å². The quantitative estimate of drug-likeness (QED) is 0.792. The summed E-state index contributed by atoms with van der Waals surface area (Å²) in [5.74, 6) is -0.305. The molecule has 1 aliphatic rings. The van der Waals surface area contributed by atoms with Crippen molar-refractivity contribution in [2.24, 2.45) is 0 Å². The van der Waals surface area contributed by atoms with Crippen LogP contribution in [0.5, 0.6) is 0 Å². The van der Waals surface area contributed by atoms with Crippen LogP contribution in [0.1, 0.15) is 19.1 Å². The molecule has 1 amide bonds. The topological polar surface area (TPSA) is 92.0 Å². The Hall–Kier alpha value is -1.86. The first-order chi connectivity index (χ1) is 10.1. The first kappa shape index (κ1) is 15.5. The lowest BCUT2D eigenvalue weighted by Crippen LogP contribution is -2.52. The number of carbonyl (C=O) groups is 2. The van der Waals surface area contributed by atoms with Gasteiger partial charge in [-0.05, 0) is 19.1 Å². The van der Waals surface area contributed by atoms with Crippen molar-refractivity contribution in [3.05, 3.63) is 24.2 Å². The van der Waals surface area contributed by atoms with Crippen LogP contribution in [0.15, 0.2) is 22.8 Å². The second kappa shape index (κ2) is 7.24. The van der Waals surface area contributed by atoms with Gasteiger partial charge in [0.25, 0.3) is 0 Å². The fraction of sp³-hybridized carbons (Fsp3) is 0.571. The molecular formula is C14H20N2O5. The smallest absolute Gasteiger partial charge is 0.306 e. The largest absolute Gasteiger partial charge is 0.481 e. The number of carboxylic acid groups (broad SMARTS) is 1. The third-order valence-corrected chi connectivity index (χ3v) is 3.52. The van der Waals surface area contributed by atoms with Crippen LogP contribution in [0.2, 0.25) is 0 Å². The van der Waals surface area contributed by atoms with Gasteiger partial charge < -0.3 is 19.6 Å². The van der Waals surface area contributed by atoms with Gasteiger partial charge in [0, 0.05) is 13.1 Å². The molecule has 1 aliphatic heterocycles. The Kier molecular flexibility index (Phi) is 5.35. The Morgan fingerprint density at radius 3 is 3.05 bits per heavy atom. The van der Waals surface area contributed by atoms with E-state index < -0.39 is 5.97 Å². The number of carbonyl (C=O) groups excluding carboxylic acids is 1. The summed E-state index contributed by atoms with van der Waals surface area (Å²) >= 11 is 0. The highest BCUT2D eigenvalue weighted by Crippen LogP contribution is 2.12. The van der Waals surface area contributed by atoms with E-state index in [2.05, 4.69) is 5.32 Å². The molecule has 2 rings (SSSR count). The lowest BCUT2D eigenvalue weighted by molar-refractivity contribution is -0.143. The third-order valence-electron chi connectivity index (χ3n) is 3.52. The van der Waals surface area contributed by atoms with Crippen molar-refractivity contribution >= 4 is 11.9 Å². The molecule has 0 aliphatic carbocycles. The summed E-state index contributed by atoms with van der Waals surface area (Å²) in [6.45, 7) is 3.65. The molecule has 1 aromatic rings. The number of amides is 1. The van der Waals surface area contributed by atoms with E-state index in [9.17, 15) is 9.59 Å². The Labute approximate surface area is 122 Å². The van der Waals surface area contributed by atoms with Crippen LogP contribution in [0.4, 0.5) is 0 Å². The van der Waals surface area contributed by atoms with Crippen molar-refractivity contribution in [1.82, 2.24) is 10.2 Å². The molecular weight excluding hydrogens is 276 g/mol. The van der Waals surface area contributed by atoms with Gasteiger partial charge in [-0.15, -0.1) is 0 Å². The lowest BCUT2D eigenvalue weighted by atomic mass is 10.1. The van der Waals surface area contributed by atoms with Crippen molar-refractivity contribution in [1.29, 1.82) is 0 Å². The summed E-state index contributed by atoms with van der Waals surface area (Å²) in [6, 6.07) is 3.23. The number of nitrogens with zero attached hydrogens (tertiary/aromatic N) is 1. The van der Waals surface area contributed by atoms with Crippen molar-refractivity contribution in [2.75, 3.05) is 19.7 Å². The van der Waals surface area contributed by atoms with Gasteiger partial charge >= 0.3 is 5.97 Å². The Bertz CT molecular complexity index is 474. The minimum absolute atomic E-state index is 0.0444. The minimum atomic E-state index is -0.892. The van der Waals surface area contributed by atoms with E-state index in [1.54, 1.807) is 25.3 Å². The van der Waals surface area contributed by atoms with Gasteiger partial charge in [0.1, 0.15) is 5.76 Å². The maximum atomic E-state index is 12.1. The number of morpholine rings is 1. The Balaban J connectivity index is 1.81. The molecule has 0 saturated carbocycles. The average molecular weight is 296 g/mol. The summed E-state index contributed by atoms with van der Waals surface area (Å²) < 4.78 is 10.6. The number of furan rings is 1. The van der Waals surface area contributed by atoms with E-state index in [0.717, 1.165) is 0 Å². The Morgan fingerprint density at radius 1 is 1.57 bits per heavy atom. The van der Waals surface area contributed by atoms with Crippen LogP contribution in [0.3, 0.4) is 0 Å². The van der Waals surface area contributed by atoms with Crippen LogP contribution in [-0.4, -0.2) is 53.7 Å². The maximum Gasteiger partial charge on any atom is 0.306 e. The molecule has 1 fully saturated rings. The normalized spacial score (nSPS) is 20.9. The monoisotopic (exact) mass is 296 g/mol. The number of ether oxygens (including phenoxy) is 1. The van der Waals surface area contributed by atoms with E-state index in [0.29, 0.717) is 32.0 Å². The molecule has 21 heavy (non-hydrogen) atoms. The van der Waals surface area contributed by atoms with Crippen LogP contribution >= 0.6 is 0 Å². The number of carboxylic acids is 1. The van der Waals surface area contributed by atoms with Gasteiger partial charge in [0.2, 0.25) is 5.91 Å². The van der Waals surface area contributed by atoms with Crippen LogP contribution in [0, 0.1) is 0 Å². The predicted octanol–water partition coefficient (Wildman–Crippen LogP) is 0.460. The van der Waals surface area contributed by atoms with Crippen molar-refractivity contribution in [3.8, 4) is 0 Å². The zero-order valence-corrected chi connectivity index (χ0v) is 11.9. The zero-order valence-electron chi connectivity index (χ0n) is 11.9. The van der Waals surface area contributed by atoms with Gasteiger partial charge in [0.15, 0.2) is 0 Å². The predicted molar refractivity (Wildman–Crippen MR) is 73.6 cm³/mol. The molecule has 0 radical (unpaired) electrons. The van der Waals surface area contributed by atoms with Gasteiger partial charge in [-0.1, -0.05) is 0 Å². The van der Waals surface area contributed by atoms with Crippen molar-refractivity contribution in [2.45, 2.75) is 32.0 Å². The molecule has 0 bridgehead atoms. The first-order valence-electron chi connectivity index (χ1n) is 6.94. The summed E-state index contributed by atoms with van der Waals surface area (Å²) in [4.78, 5) is 24.8. The standard InChI is InChI=1S/C14H20N2O5/c1-10(14(19)15-8-11-3-2-5-20-11)16-4-6-21-12(9-16)7-13(17)18/h2-3,5,10,12H,4,6-9H2,1H3,(H,15,19)(H,17,18). The minimum Gasteiger partial charge on any atom is -0.481 e. The molecule has 7 heteroatoms. The van der Waals surface area contributed by atoms with Crippen LogP contribution in [-0.2, 0) is 20.9 Å². The number of hydrogen-bond acceptors (Lipinski definition) is 5. The van der Waals surface area contributed by atoms with Gasteiger partial charge in [-0.2, -0.15) is 0 Å². The number of aliphatic carboxylic acids is 1. The van der Waals surface area contributed by atoms with Gasteiger partial charge in [-0.25, -0.2) is 0 Å². The van der Waals surface area contributed by atoms with E-state index in [4.69, 9.17) is 14.3 Å².